The molecule has 0 amide bonds. The van der Waals surface area contributed by atoms with Crippen molar-refractivity contribution in [1.82, 2.24) is 9.97 Å². The molecule has 0 saturated heterocycles. The zero-order valence-electron chi connectivity index (χ0n) is 9.59. The molecule has 5 heteroatoms. The molecule has 0 atom stereocenters. The van der Waals surface area contributed by atoms with Crippen LogP contribution in [0.15, 0.2) is 0 Å². The Morgan fingerprint density at radius 1 is 1.12 bits per heavy atom. The van der Waals surface area contributed by atoms with Crippen LogP contribution in [0.3, 0.4) is 0 Å². The Hall–Kier alpha value is -0.380. The van der Waals surface area contributed by atoms with E-state index in [1.54, 1.807) is 7.11 Å². The predicted molar refractivity (Wildman–Crippen MR) is 66.2 cm³/mol. The summed E-state index contributed by atoms with van der Waals surface area (Å²) < 4.78 is 4.96. The summed E-state index contributed by atoms with van der Waals surface area (Å²) in [4.78, 5) is 8.48. The largest absolute Gasteiger partial charge is 0.385 e. The molecule has 0 bridgehead atoms. The Bertz CT molecular complexity index is 322. The van der Waals surface area contributed by atoms with Crippen molar-refractivity contribution in [2.45, 2.75) is 32.6 Å². The van der Waals surface area contributed by atoms with Crippen molar-refractivity contribution in [2.75, 3.05) is 13.7 Å². The minimum atomic E-state index is 0.481. The van der Waals surface area contributed by atoms with Gasteiger partial charge < -0.3 is 4.74 Å². The van der Waals surface area contributed by atoms with E-state index in [4.69, 9.17) is 27.9 Å². The fraction of sp³-hybridized carbons (Fsp3) is 0.636. The molecule has 0 saturated carbocycles. The van der Waals surface area contributed by atoms with Gasteiger partial charge in [0.25, 0.3) is 0 Å². The first kappa shape index (κ1) is 13.7. The normalized spacial score (nSPS) is 10.8. The number of hydrogen-bond acceptors (Lipinski definition) is 3. The molecule has 1 aromatic heterocycles. The molecule has 0 aliphatic carbocycles. The molecule has 0 unspecified atom stereocenters. The lowest BCUT2D eigenvalue weighted by Crippen LogP contribution is -2.02. The Labute approximate surface area is 106 Å². The van der Waals surface area contributed by atoms with Gasteiger partial charge in [-0.1, -0.05) is 36.5 Å². The van der Waals surface area contributed by atoms with Crippen LogP contribution in [0.5, 0.6) is 0 Å². The van der Waals surface area contributed by atoms with E-state index in [0.29, 0.717) is 22.7 Å². The van der Waals surface area contributed by atoms with Crippen LogP contribution in [0.2, 0.25) is 10.3 Å². The van der Waals surface area contributed by atoms with Gasteiger partial charge in [0.05, 0.1) is 0 Å². The number of aryl methyl sites for hydroxylation is 1. The molecule has 0 N–H and O–H groups in total. The minimum absolute atomic E-state index is 0.481. The van der Waals surface area contributed by atoms with Crippen LogP contribution in [-0.2, 0) is 17.6 Å². The second kappa shape index (κ2) is 7.05. The van der Waals surface area contributed by atoms with Crippen molar-refractivity contribution in [3.05, 3.63) is 21.7 Å². The molecule has 0 fully saturated rings. The number of halogens is 2. The number of nitrogens with zero attached hydrogens (tertiary/aromatic N) is 2. The molecule has 3 nitrogen and oxygen atoms in total. The van der Waals surface area contributed by atoms with Gasteiger partial charge in [-0.15, -0.1) is 0 Å². The highest BCUT2D eigenvalue weighted by molar-refractivity contribution is 6.34. The van der Waals surface area contributed by atoms with Crippen molar-refractivity contribution >= 4 is 23.2 Å². The van der Waals surface area contributed by atoms with Crippen molar-refractivity contribution in [1.29, 1.82) is 0 Å². The third-order valence-corrected chi connectivity index (χ3v) is 2.83. The van der Waals surface area contributed by atoms with Gasteiger partial charge in [-0.05, 0) is 12.8 Å². The highest BCUT2D eigenvalue weighted by Gasteiger charge is 2.10. The van der Waals surface area contributed by atoms with E-state index in [1.807, 2.05) is 0 Å². The maximum absolute atomic E-state index is 6.06. The van der Waals surface area contributed by atoms with Gasteiger partial charge in [0.2, 0.25) is 0 Å². The minimum Gasteiger partial charge on any atom is -0.385 e. The van der Waals surface area contributed by atoms with Gasteiger partial charge in [-0.3, -0.25) is 0 Å². The maximum Gasteiger partial charge on any atom is 0.137 e. The van der Waals surface area contributed by atoms with E-state index in [9.17, 15) is 0 Å². The van der Waals surface area contributed by atoms with Crippen molar-refractivity contribution in [3.63, 3.8) is 0 Å². The molecular weight excluding hydrogens is 247 g/mol. The van der Waals surface area contributed by atoms with E-state index < -0.39 is 0 Å². The average molecular weight is 263 g/mol. The summed E-state index contributed by atoms with van der Waals surface area (Å²) in [5, 5.41) is 0.962. The van der Waals surface area contributed by atoms with E-state index >= 15 is 0 Å². The van der Waals surface area contributed by atoms with Crippen LogP contribution < -0.4 is 0 Å². The number of hydrogen-bond donors (Lipinski definition) is 0. The first-order chi connectivity index (χ1) is 7.69. The van der Waals surface area contributed by atoms with Crippen LogP contribution >= 0.6 is 23.2 Å². The number of ether oxygens (including phenoxy) is 1. The van der Waals surface area contributed by atoms with Crippen LogP contribution in [0.25, 0.3) is 0 Å². The Morgan fingerprint density at radius 3 is 2.25 bits per heavy atom. The lowest BCUT2D eigenvalue weighted by molar-refractivity contribution is 0.194. The second-order valence-electron chi connectivity index (χ2n) is 3.55. The van der Waals surface area contributed by atoms with E-state index in [0.717, 1.165) is 31.2 Å². The summed E-state index contributed by atoms with van der Waals surface area (Å²) in [5.74, 6) is 0.687. The van der Waals surface area contributed by atoms with Crippen LogP contribution in [0.4, 0.5) is 0 Å². The van der Waals surface area contributed by atoms with Gasteiger partial charge in [0, 0.05) is 25.7 Å². The molecule has 1 rings (SSSR count). The summed E-state index contributed by atoms with van der Waals surface area (Å²) in [5.41, 5.74) is 0.848. The van der Waals surface area contributed by atoms with Crippen LogP contribution in [0.1, 0.15) is 31.2 Å². The summed E-state index contributed by atoms with van der Waals surface area (Å²) >= 11 is 12.1. The average Bonchev–Trinajstić information content (AvgIpc) is 2.24. The second-order valence-corrected chi connectivity index (χ2v) is 4.26. The van der Waals surface area contributed by atoms with Gasteiger partial charge in [-0.25, -0.2) is 9.97 Å². The smallest absolute Gasteiger partial charge is 0.137 e. The number of aromatic nitrogens is 2. The monoisotopic (exact) mass is 262 g/mol. The third-order valence-electron chi connectivity index (χ3n) is 2.20. The summed E-state index contributed by atoms with van der Waals surface area (Å²) in [6.45, 7) is 2.76. The quantitative estimate of drug-likeness (QED) is 0.583. The van der Waals surface area contributed by atoms with Gasteiger partial charge >= 0.3 is 0 Å². The molecule has 0 aliphatic heterocycles. The Morgan fingerprint density at radius 2 is 1.75 bits per heavy atom. The van der Waals surface area contributed by atoms with Gasteiger partial charge in [-0.2, -0.15) is 0 Å². The lowest BCUT2D eigenvalue weighted by Gasteiger charge is -2.07. The van der Waals surface area contributed by atoms with E-state index in [2.05, 4.69) is 16.9 Å². The van der Waals surface area contributed by atoms with E-state index in [1.165, 1.54) is 0 Å². The summed E-state index contributed by atoms with van der Waals surface area (Å²) in [7, 11) is 1.67. The standard InChI is InChI=1S/C11H16Cl2N2O/c1-3-5-8-10(12)14-9(15-11(8)13)6-4-7-16-2/h3-7H2,1-2H3. The number of rotatable bonds is 6. The van der Waals surface area contributed by atoms with Gasteiger partial charge in [0.15, 0.2) is 0 Å². The zero-order valence-corrected chi connectivity index (χ0v) is 11.1. The molecule has 0 aromatic carbocycles. The Kier molecular flexibility index (Phi) is 6.03. The predicted octanol–water partition coefficient (Wildman–Crippen LogP) is 3.31. The van der Waals surface area contributed by atoms with Crippen molar-refractivity contribution in [3.8, 4) is 0 Å². The van der Waals surface area contributed by atoms with Crippen molar-refractivity contribution in [2.24, 2.45) is 0 Å². The highest BCUT2D eigenvalue weighted by atomic mass is 35.5. The lowest BCUT2D eigenvalue weighted by atomic mass is 10.2. The molecule has 0 aliphatic rings. The fourth-order valence-corrected chi connectivity index (χ4v) is 2.03. The fourth-order valence-electron chi connectivity index (χ4n) is 1.41. The zero-order chi connectivity index (χ0) is 12.0. The molecule has 1 heterocycles. The number of methoxy groups -OCH3 is 1. The highest BCUT2D eigenvalue weighted by Crippen LogP contribution is 2.22. The molecule has 90 valence electrons. The topological polar surface area (TPSA) is 35.0 Å². The maximum atomic E-state index is 6.06. The van der Waals surface area contributed by atoms with Crippen LogP contribution in [0, 0.1) is 0 Å². The molecule has 0 spiro atoms. The summed E-state index contributed by atoms with van der Waals surface area (Å²) in [6, 6.07) is 0. The van der Waals surface area contributed by atoms with E-state index in [-0.39, 0.29) is 0 Å². The first-order valence-corrected chi connectivity index (χ1v) is 6.14. The van der Waals surface area contributed by atoms with Crippen LogP contribution in [-0.4, -0.2) is 23.7 Å². The molecular formula is C11H16Cl2N2O. The third kappa shape index (κ3) is 3.89. The SMILES string of the molecule is CCCc1c(Cl)nc(CCCOC)nc1Cl. The molecule has 1 aromatic rings. The van der Waals surface area contributed by atoms with Gasteiger partial charge in [0.1, 0.15) is 16.1 Å². The molecule has 16 heavy (non-hydrogen) atoms. The van der Waals surface area contributed by atoms with Crippen molar-refractivity contribution < 1.29 is 4.74 Å². The summed E-state index contributed by atoms with van der Waals surface area (Å²) in [6.07, 6.45) is 3.40. The first-order valence-electron chi connectivity index (χ1n) is 5.38. The Balaban J connectivity index is 2.75. The molecule has 0 radical (unpaired) electrons.